The minimum atomic E-state index is 0.422. The Morgan fingerprint density at radius 3 is 2.73 bits per heavy atom. The molecule has 0 unspecified atom stereocenters. The van der Waals surface area contributed by atoms with Crippen LogP contribution in [0.5, 0.6) is 11.5 Å². The zero-order chi connectivity index (χ0) is 18.5. The summed E-state index contributed by atoms with van der Waals surface area (Å²) in [6.45, 7) is 2.97. The van der Waals surface area contributed by atoms with Crippen molar-refractivity contribution in [2.75, 3.05) is 12.4 Å². The Balaban J connectivity index is 1.74. The van der Waals surface area contributed by atoms with Crippen molar-refractivity contribution < 1.29 is 9.47 Å². The van der Waals surface area contributed by atoms with Gasteiger partial charge in [0, 0.05) is 13.6 Å². The van der Waals surface area contributed by atoms with E-state index in [9.17, 15) is 0 Å². The zero-order valence-corrected chi connectivity index (χ0v) is 15.6. The van der Waals surface area contributed by atoms with Crippen LogP contribution in [0, 0.1) is 6.92 Å². The molecule has 0 atom stereocenters. The molecule has 1 N–H and O–H groups in total. The molecule has 136 valence electrons. The van der Waals surface area contributed by atoms with Gasteiger partial charge in [0.15, 0.2) is 11.5 Å². The highest BCUT2D eigenvalue weighted by Gasteiger charge is 2.13. The number of nitrogens with one attached hydrogen (secondary N) is 1. The predicted octanol–water partition coefficient (Wildman–Crippen LogP) is 3.37. The molecule has 0 fully saturated rings. The largest absolute Gasteiger partial charge is 0.493 e. The maximum Gasteiger partial charge on any atom is 0.242 e. The molecule has 0 saturated carbocycles. The highest BCUT2D eigenvalue weighted by molar-refractivity contribution is 6.32. The first kappa shape index (κ1) is 18.0. The first-order valence-electron chi connectivity index (χ1n) is 8.08. The van der Waals surface area contributed by atoms with Gasteiger partial charge in [0.2, 0.25) is 5.95 Å². The summed E-state index contributed by atoms with van der Waals surface area (Å²) >= 11 is 6.43. The van der Waals surface area contributed by atoms with E-state index in [0.717, 1.165) is 11.1 Å². The fourth-order valence-electron chi connectivity index (χ4n) is 2.50. The number of halogens is 1. The van der Waals surface area contributed by atoms with E-state index in [1.54, 1.807) is 18.8 Å². The first-order chi connectivity index (χ1) is 12.6. The van der Waals surface area contributed by atoms with Crippen LogP contribution in [-0.4, -0.2) is 27.3 Å². The van der Waals surface area contributed by atoms with E-state index in [4.69, 9.17) is 21.1 Å². The third kappa shape index (κ3) is 4.05. The summed E-state index contributed by atoms with van der Waals surface area (Å²) < 4.78 is 13.0. The van der Waals surface area contributed by atoms with Gasteiger partial charge in [-0.15, -0.1) is 0 Å². The Hall–Kier alpha value is -2.80. The molecule has 0 amide bonds. The molecule has 2 aromatic carbocycles. The molecule has 0 aliphatic heterocycles. The first-order valence-corrected chi connectivity index (χ1v) is 8.46. The average molecular weight is 374 g/mol. The second kappa shape index (κ2) is 8.05. The van der Waals surface area contributed by atoms with Gasteiger partial charge in [-0.1, -0.05) is 41.0 Å². The lowest BCUT2D eigenvalue weighted by atomic mass is 10.1. The monoisotopic (exact) mass is 373 g/mol. The van der Waals surface area contributed by atoms with E-state index in [1.807, 2.05) is 43.3 Å². The average Bonchev–Trinajstić information content (AvgIpc) is 3.04. The van der Waals surface area contributed by atoms with Gasteiger partial charge in [-0.2, -0.15) is 0 Å². The van der Waals surface area contributed by atoms with Crippen molar-refractivity contribution in [3.63, 3.8) is 0 Å². The lowest BCUT2D eigenvalue weighted by Crippen LogP contribution is -2.06. The van der Waals surface area contributed by atoms with Crippen LogP contribution in [0.15, 0.2) is 36.4 Å². The van der Waals surface area contributed by atoms with Crippen molar-refractivity contribution in [3.8, 4) is 11.5 Å². The summed E-state index contributed by atoms with van der Waals surface area (Å²) in [4.78, 5) is 0. The van der Waals surface area contributed by atoms with Gasteiger partial charge >= 0.3 is 0 Å². The van der Waals surface area contributed by atoms with Gasteiger partial charge in [0.25, 0.3) is 0 Å². The van der Waals surface area contributed by atoms with Crippen molar-refractivity contribution >= 4 is 17.5 Å². The van der Waals surface area contributed by atoms with Crippen LogP contribution in [0.1, 0.15) is 16.7 Å². The smallest absolute Gasteiger partial charge is 0.242 e. The van der Waals surface area contributed by atoms with Gasteiger partial charge in [-0.3, -0.25) is 0 Å². The van der Waals surface area contributed by atoms with Crippen LogP contribution in [0.3, 0.4) is 0 Å². The number of aromatic nitrogens is 4. The number of hydrogen-bond donors (Lipinski definition) is 1. The number of aryl methyl sites for hydroxylation is 2. The Bertz CT molecular complexity index is 897. The molecule has 0 spiro atoms. The standard InChI is InChI=1S/C18H20ClN5O2/c1-12-6-4-5-7-14(12)11-26-17-15(19)8-13(9-16(17)25-3)10-20-18-21-22-23-24(18)2/h4-9H,10-11H2,1-3H3,(H,20,21,23). The molecule has 1 aromatic heterocycles. The van der Waals surface area contributed by atoms with Gasteiger partial charge in [0.05, 0.1) is 12.1 Å². The highest BCUT2D eigenvalue weighted by atomic mass is 35.5. The number of rotatable bonds is 7. The van der Waals surface area contributed by atoms with Crippen LogP contribution < -0.4 is 14.8 Å². The van der Waals surface area contributed by atoms with E-state index in [0.29, 0.717) is 35.6 Å². The molecule has 0 saturated heterocycles. The molecule has 3 aromatic rings. The van der Waals surface area contributed by atoms with Gasteiger partial charge < -0.3 is 14.8 Å². The SMILES string of the molecule is COc1cc(CNc2nnnn2C)cc(Cl)c1OCc1ccccc1C. The molecule has 3 rings (SSSR count). The van der Waals surface area contributed by atoms with Crippen molar-refractivity contribution in [1.82, 2.24) is 20.2 Å². The molecule has 0 bridgehead atoms. The quantitative estimate of drug-likeness (QED) is 0.684. The maximum absolute atomic E-state index is 6.43. The number of tetrazole rings is 1. The van der Waals surface area contributed by atoms with E-state index in [1.165, 1.54) is 5.56 Å². The fourth-order valence-corrected chi connectivity index (χ4v) is 2.79. The molecule has 0 aliphatic rings. The molecule has 0 radical (unpaired) electrons. The van der Waals surface area contributed by atoms with E-state index < -0.39 is 0 Å². The number of nitrogens with zero attached hydrogens (tertiary/aromatic N) is 4. The van der Waals surface area contributed by atoms with Gasteiger partial charge in [-0.05, 0) is 46.2 Å². The molecule has 0 aliphatic carbocycles. The van der Waals surface area contributed by atoms with E-state index >= 15 is 0 Å². The van der Waals surface area contributed by atoms with Gasteiger partial charge in [0.1, 0.15) is 6.61 Å². The Morgan fingerprint density at radius 1 is 1.23 bits per heavy atom. The summed E-state index contributed by atoms with van der Waals surface area (Å²) in [6, 6.07) is 11.8. The minimum absolute atomic E-state index is 0.422. The number of anilines is 1. The highest BCUT2D eigenvalue weighted by Crippen LogP contribution is 2.37. The van der Waals surface area contributed by atoms with Crippen LogP contribution in [0.25, 0.3) is 0 Å². The molecular weight excluding hydrogens is 354 g/mol. The van der Waals surface area contributed by atoms with Crippen molar-refractivity contribution in [2.45, 2.75) is 20.1 Å². The molecule has 26 heavy (non-hydrogen) atoms. The van der Waals surface area contributed by atoms with Crippen molar-refractivity contribution in [2.24, 2.45) is 7.05 Å². The van der Waals surface area contributed by atoms with Crippen LogP contribution in [0.2, 0.25) is 5.02 Å². The van der Waals surface area contributed by atoms with Crippen molar-refractivity contribution in [3.05, 3.63) is 58.1 Å². The maximum atomic E-state index is 6.43. The zero-order valence-electron chi connectivity index (χ0n) is 14.9. The molecule has 8 heteroatoms. The number of ether oxygens (including phenoxy) is 2. The molecule has 7 nitrogen and oxygen atoms in total. The van der Waals surface area contributed by atoms with Crippen LogP contribution in [0.4, 0.5) is 5.95 Å². The second-order valence-electron chi connectivity index (χ2n) is 5.80. The minimum Gasteiger partial charge on any atom is -0.493 e. The Labute approximate surface area is 156 Å². The van der Waals surface area contributed by atoms with E-state index in [2.05, 4.69) is 20.8 Å². The summed E-state index contributed by atoms with van der Waals surface area (Å²) in [7, 11) is 3.36. The molecule has 1 heterocycles. The third-order valence-corrected chi connectivity index (χ3v) is 4.27. The van der Waals surface area contributed by atoms with E-state index in [-0.39, 0.29) is 0 Å². The Morgan fingerprint density at radius 2 is 2.04 bits per heavy atom. The fraction of sp³-hybridized carbons (Fsp3) is 0.278. The predicted molar refractivity (Wildman–Crippen MR) is 99.6 cm³/mol. The summed E-state index contributed by atoms with van der Waals surface area (Å²) in [5.41, 5.74) is 3.20. The van der Waals surface area contributed by atoms with Gasteiger partial charge in [-0.25, -0.2) is 4.68 Å². The summed E-state index contributed by atoms with van der Waals surface area (Å²) in [6.07, 6.45) is 0. The van der Waals surface area contributed by atoms with Crippen molar-refractivity contribution in [1.29, 1.82) is 0 Å². The topological polar surface area (TPSA) is 74.1 Å². The van der Waals surface area contributed by atoms with Crippen LogP contribution in [-0.2, 0) is 20.2 Å². The normalized spacial score (nSPS) is 10.6. The summed E-state index contributed by atoms with van der Waals surface area (Å²) in [5.74, 6) is 1.68. The lowest BCUT2D eigenvalue weighted by molar-refractivity contribution is 0.284. The second-order valence-corrected chi connectivity index (χ2v) is 6.21. The number of methoxy groups -OCH3 is 1. The Kier molecular flexibility index (Phi) is 5.58. The number of hydrogen-bond acceptors (Lipinski definition) is 6. The lowest BCUT2D eigenvalue weighted by Gasteiger charge is -2.15. The number of benzene rings is 2. The third-order valence-electron chi connectivity index (χ3n) is 3.99. The molecular formula is C18H20ClN5O2. The van der Waals surface area contributed by atoms with Crippen LogP contribution >= 0.6 is 11.6 Å². The summed E-state index contributed by atoms with van der Waals surface area (Å²) in [5, 5.41) is 14.9.